The van der Waals surface area contributed by atoms with Crippen molar-refractivity contribution in [2.24, 2.45) is 0 Å². The fraction of sp³-hybridized carbons (Fsp3) is 0.462. The molecule has 0 bridgehead atoms. The Labute approximate surface area is 230 Å². The summed E-state index contributed by atoms with van der Waals surface area (Å²) in [5, 5.41) is 33.3. The Morgan fingerprint density at radius 2 is 1.74 bits per heavy atom. The van der Waals surface area contributed by atoms with Crippen molar-refractivity contribution in [1.82, 2.24) is 10.2 Å². The second-order valence-electron chi connectivity index (χ2n) is 9.32. The van der Waals surface area contributed by atoms with Crippen molar-refractivity contribution < 1.29 is 34.4 Å². The molecule has 12 heteroatoms. The van der Waals surface area contributed by atoms with E-state index in [0.717, 1.165) is 12.8 Å². The van der Waals surface area contributed by atoms with E-state index in [0.29, 0.717) is 41.7 Å². The van der Waals surface area contributed by atoms with Crippen LogP contribution in [0.5, 0.6) is 11.5 Å². The van der Waals surface area contributed by atoms with Crippen molar-refractivity contribution in [3.8, 4) is 11.5 Å². The van der Waals surface area contributed by atoms with Crippen LogP contribution in [-0.2, 0) is 4.79 Å². The Kier molecular flexibility index (Phi) is 9.56. The number of hydrogen-bond acceptors (Lipinski definition) is 8. The lowest BCUT2D eigenvalue weighted by atomic mass is 10.0. The number of carbonyl (C=O) groups is 2. The number of nitrogens with zero attached hydrogens (tertiary/aromatic N) is 2. The summed E-state index contributed by atoms with van der Waals surface area (Å²) >= 11 is 12.2. The van der Waals surface area contributed by atoms with E-state index < -0.39 is 18.7 Å². The zero-order valence-electron chi connectivity index (χ0n) is 20.7. The maximum absolute atomic E-state index is 12.8. The van der Waals surface area contributed by atoms with Crippen LogP contribution in [0.15, 0.2) is 36.4 Å². The van der Waals surface area contributed by atoms with Crippen LogP contribution >= 0.6 is 23.2 Å². The van der Waals surface area contributed by atoms with Gasteiger partial charge in [0, 0.05) is 54.9 Å². The van der Waals surface area contributed by atoms with Gasteiger partial charge < -0.3 is 39.9 Å². The smallest absolute Gasteiger partial charge is 0.341 e. The first-order valence-corrected chi connectivity index (χ1v) is 13.2. The number of hydrogen-bond donors (Lipinski definition) is 4. The number of rotatable bonds is 10. The Morgan fingerprint density at radius 3 is 2.39 bits per heavy atom. The molecule has 2 aliphatic heterocycles. The summed E-state index contributed by atoms with van der Waals surface area (Å²) < 4.78 is 11.0. The van der Waals surface area contributed by atoms with Gasteiger partial charge in [0.15, 0.2) is 6.61 Å². The number of likely N-dealkylation sites (tertiary alicyclic amines) is 1. The number of β-amino-alcohol motifs (C(OH)–C–C–N with tert-alkyl or cyclic N) is 1. The molecule has 10 nitrogen and oxygen atoms in total. The second-order valence-corrected chi connectivity index (χ2v) is 10.2. The van der Waals surface area contributed by atoms with Crippen molar-refractivity contribution >= 4 is 40.8 Å². The van der Waals surface area contributed by atoms with Crippen molar-refractivity contribution in [2.45, 2.75) is 31.0 Å². The molecule has 0 saturated carbocycles. The summed E-state index contributed by atoms with van der Waals surface area (Å²) in [6, 6.07) is 9.85. The number of halogens is 2. The number of piperidine rings is 1. The minimum Gasteiger partial charge on any atom is -0.490 e. The van der Waals surface area contributed by atoms with Gasteiger partial charge in [0.2, 0.25) is 0 Å². The van der Waals surface area contributed by atoms with Crippen LogP contribution in [-0.4, -0.2) is 96.3 Å². The third-order valence-electron chi connectivity index (χ3n) is 6.67. The van der Waals surface area contributed by atoms with Gasteiger partial charge in [-0.3, -0.25) is 4.79 Å². The molecule has 0 aliphatic carbocycles. The SMILES string of the molecule is O=C(O)COc1cc(Cl)c(OCCO)cc1N1C[C@H](NC2CCN(C(=O)c3ccc(Cl)cc3)CC2)[C@@H](O)C1. The van der Waals surface area contributed by atoms with Crippen LogP contribution in [0.2, 0.25) is 10.0 Å². The molecule has 0 spiro atoms. The lowest BCUT2D eigenvalue weighted by Crippen LogP contribution is -2.50. The van der Waals surface area contributed by atoms with Crippen molar-refractivity contribution in [1.29, 1.82) is 0 Å². The number of aliphatic hydroxyl groups excluding tert-OH is 2. The first-order chi connectivity index (χ1) is 18.2. The average molecular weight is 568 g/mol. The van der Waals surface area contributed by atoms with Crippen LogP contribution in [0.1, 0.15) is 23.2 Å². The summed E-state index contributed by atoms with van der Waals surface area (Å²) in [6.07, 6.45) is 0.805. The van der Waals surface area contributed by atoms with Gasteiger partial charge in [-0.2, -0.15) is 0 Å². The van der Waals surface area contributed by atoms with Crippen molar-refractivity contribution in [3.63, 3.8) is 0 Å². The fourth-order valence-corrected chi connectivity index (χ4v) is 5.10. The monoisotopic (exact) mass is 567 g/mol. The largest absolute Gasteiger partial charge is 0.490 e. The molecule has 2 fully saturated rings. The van der Waals surface area contributed by atoms with Gasteiger partial charge in [-0.05, 0) is 37.1 Å². The van der Waals surface area contributed by atoms with E-state index in [1.165, 1.54) is 6.07 Å². The van der Waals surface area contributed by atoms with Gasteiger partial charge in [0.1, 0.15) is 18.1 Å². The molecular formula is C26H31Cl2N3O7. The number of anilines is 1. The number of amides is 1. The van der Waals surface area contributed by atoms with Gasteiger partial charge in [-0.1, -0.05) is 23.2 Å². The van der Waals surface area contributed by atoms with Crippen molar-refractivity contribution in [2.75, 3.05) is 50.9 Å². The summed E-state index contributed by atoms with van der Waals surface area (Å²) in [5.41, 5.74) is 1.14. The third kappa shape index (κ3) is 7.00. The van der Waals surface area contributed by atoms with Gasteiger partial charge >= 0.3 is 5.97 Å². The van der Waals surface area contributed by atoms with E-state index >= 15 is 0 Å². The molecule has 2 aromatic rings. The molecule has 4 rings (SSSR count). The lowest BCUT2D eigenvalue weighted by Gasteiger charge is -2.34. The summed E-state index contributed by atoms with van der Waals surface area (Å²) in [5.74, 6) is -0.574. The van der Waals surface area contributed by atoms with Gasteiger partial charge in [-0.15, -0.1) is 0 Å². The number of benzene rings is 2. The predicted octanol–water partition coefficient (Wildman–Crippen LogP) is 2.27. The van der Waals surface area contributed by atoms with E-state index in [-0.39, 0.29) is 48.5 Å². The molecule has 206 valence electrons. The van der Waals surface area contributed by atoms with Crippen LogP contribution in [0.4, 0.5) is 5.69 Å². The number of aliphatic hydroxyl groups is 2. The topological polar surface area (TPSA) is 132 Å². The summed E-state index contributed by atoms with van der Waals surface area (Å²) in [7, 11) is 0. The van der Waals surface area contributed by atoms with Crippen LogP contribution in [0, 0.1) is 0 Å². The number of ether oxygens (including phenoxy) is 2. The van der Waals surface area contributed by atoms with Crippen molar-refractivity contribution in [3.05, 3.63) is 52.0 Å². The minimum atomic E-state index is -1.13. The van der Waals surface area contributed by atoms with Crippen LogP contribution in [0.3, 0.4) is 0 Å². The molecule has 0 aromatic heterocycles. The molecule has 4 N–H and O–H groups in total. The van der Waals surface area contributed by atoms with E-state index in [1.54, 1.807) is 30.3 Å². The normalized spacial score (nSPS) is 20.0. The zero-order valence-corrected chi connectivity index (χ0v) is 22.2. The fourth-order valence-electron chi connectivity index (χ4n) is 4.77. The summed E-state index contributed by atoms with van der Waals surface area (Å²) in [6.45, 7) is 1.22. The number of carbonyl (C=O) groups excluding carboxylic acids is 1. The highest BCUT2D eigenvalue weighted by molar-refractivity contribution is 6.32. The van der Waals surface area contributed by atoms with Crippen LogP contribution < -0.4 is 19.7 Å². The Morgan fingerprint density at radius 1 is 1.03 bits per heavy atom. The highest BCUT2D eigenvalue weighted by Gasteiger charge is 2.35. The highest BCUT2D eigenvalue weighted by atomic mass is 35.5. The average Bonchev–Trinajstić information content (AvgIpc) is 3.26. The van der Waals surface area contributed by atoms with Gasteiger partial charge in [0.05, 0.1) is 29.5 Å². The molecule has 0 unspecified atom stereocenters. The van der Waals surface area contributed by atoms with Crippen LogP contribution in [0.25, 0.3) is 0 Å². The maximum atomic E-state index is 12.8. The molecule has 2 atom stereocenters. The molecule has 0 radical (unpaired) electrons. The number of nitrogens with one attached hydrogen (secondary N) is 1. The maximum Gasteiger partial charge on any atom is 0.341 e. The lowest BCUT2D eigenvalue weighted by molar-refractivity contribution is -0.139. The minimum absolute atomic E-state index is 0.0250. The summed E-state index contributed by atoms with van der Waals surface area (Å²) in [4.78, 5) is 27.6. The number of carboxylic acids is 1. The van der Waals surface area contributed by atoms with E-state index in [2.05, 4.69) is 5.32 Å². The third-order valence-corrected chi connectivity index (χ3v) is 7.21. The molecule has 2 heterocycles. The molecule has 38 heavy (non-hydrogen) atoms. The first kappa shape index (κ1) is 28.3. The molecule has 2 aliphatic rings. The van der Waals surface area contributed by atoms with E-state index in [1.807, 2.05) is 9.80 Å². The number of carboxylic acid groups (broad SMARTS) is 1. The Bertz CT molecular complexity index is 1130. The quantitative estimate of drug-likeness (QED) is 0.341. The van der Waals surface area contributed by atoms with E-state index in [9.17, 15) is 14.7 Å². The molecule has 1 amide bonds. The standard InChI is InChI=1S/C26H31Cl2N3O7/c27-17-3-1-16(2-4-17)26(36)30-7-5-18(6-8-30)29-20-13-31(14-22(20)33)21-12-23(37-10-9-32)19(28)11-24(21)38-15-25(34)35/h1-4,11-12,18,20,22,29,32-33H,5-10,13-15H2,(H,34,35)/t20-,22-/m0/s1. The molecule has 2 aromatic carbocycles. The Hall–Kier alpha value is -2.76. The second kappa shape index (κ2) is 12.9. The Balaban J connectivity index is 1.38. The van der Waals surface area contributed by atoms with Gasteiger partial charge in [-0.25, -0.2) is 4.79 Å². The zero-order chi connectivity index (χ0) is 27.2. The molecule has 2 saturated heterocycles. The van der Waals surface area contributed by atoms with Gasteiger partial charge in [0.25, 0.3) is 5.91 Å². The molecular weight excluding hydrogens is 537 g/mol. The predicted molar refractivity (Wildman–Crippen MR) is 143 cm³/mol. The first-order valence-electron chi connectivity index (χ1n) is 12.4. The number of aliphatic carboxylic acids is 1. The highest BCUT2D eigenvalue weighted by Crippen LogP contribution is 2.40. The van der Waals surface area contributed by atoms with E-state index in [4.69, 9.17) is 42.9 Å².